The Bertz CT molecular complexity index is 279. The first-order chi connectivity index (χ1) is 6.47. The minimum atomic E-state index is -4.65. The standard InChI is InChI=1S/C9H9F3O2/c1-7-2-4-8(5-3-7)13-6-14-9(10,11)12/h2-5H,6H2,1H3. The van der Waals surface area contributed by atoms with Gasteiger partial charge in [0.15, 0.2) is 6.79 Å². The zero-order valence-electron chi connectivity index (χ0n) is 7.47. The lowest BCUT2D eigenvalue weighted by molar-refractivity contribution is -0.341. The van der Waals surface area contributed by atoms with Crippen molar-refractivity contribution in [2.45, 2.75) is 13.3 Å². The van der Waals surface area contributed by atoms with Crippen LogP contribution in [-0.4, -0.2) is 13.2 Å². The highest BCUT2D eigenvalue weighted by Gasteiger charge is 2.29. The Morgan fingerprint density at radius 3 is 2.21 bits per heavy atom. The smallest absolute Gasteiger partial charge is 0.467 e. The van der Waals surface area contributed by atoms with Crippen molar-refractivity contribution in [2.75, 3.05) is 6.79 Å². The van der Waals surface area contributed by atoms with E-state index in [0.717, 1.165) is 5.56 Å². The molecule has 0 aliphatic heterocycles. The fourth-order valence-corrected chi connectivity index (χ4v) is 0.799. The number of hydrogen-bond acceptors (Lipinski definition) is 2. The van der Waals surface area contributed by atoms with E-state index in [4.69, 9.17) is 4.74 Å². The quantitative estimate of drug-likeness (QED) is 0.708. The van der Waals surface area contributed by atoms with E-state index in [-0.39, 0.29) is 0 Å². The van der Waals surface area contributed by atoms with E-state index in [2.05, 4.69) is 4.74 Å². The number of hydrogen-bond donors (Lipinski definition) is 0. The molecule has 0 heterocycles. The number of halogens is 3. The van der Waals surface area contributed by atoms with Gasteiger partial charge in [0.2, 0.25) is 0 Å². The summed E-state index contributed by atoms with van der Waals surface area (Å²) in [6, 6.07) is 6.63. The van der Waals surface area contributed by atoms with Gasteiger partial charge in [-0.3, -0.25) is 4.74 Å². The molecule has 0 aliphatic carbocycles. The van der Waals surface area contributed by atoms with Crippen molar-refractivity contribution >= 4 is 0 Å². The van der Waals surface area contributed by atoms with Crippen molar-refractivity contribution in [3.05, 3.63) is 29.8 Å². The summed E-state index contributed by atoms with van der Waals surface area (Å²) in [5.41, 5.74) is 1.01. The third-order valence-electron chi connectivity index (χ3n) is 1.47. The van der Waals surface area contributed by atoms with E-state index >= 15 is 0 Å². The van der Waals surface area contributed by atoms with Gasteiger partial charge < -0.3 is 4.74 Å². The van der Waals surface area contributed by atoms with Gasteiger partial charge in [-0.2, -0.15) is 0 Å². The van der Waals surface area contributed by atoms with Crippen molar-refractivity contribution in [2.24, 2.45) is 0 Å². The molecule has 1 rings (SSSR count). The third kappa shape index (κ3) is 4.13. The van der Waals surface area contributed by atoms with E-state index in [1.54, 1.807) is 24.3 Å². The van der Waals surface area contributed by atoms with Gasteiger partial charge in [-0.25, -0.2) is 0 Å². The van der Waals surface area contributed by atoms with Crippen LogP contribution in [0, 0.1) is 6.92 Å². The topological polar surface area (TPSA) is 18.5 Å². The molecular weight excluding hydrogens is 197 g/mol. The second-order valence-corrected chi connectivity index (χ2v) is 2.67. The summed E-state index contributed by atoms with van der Waals surface area (Å²) in [5.74, 6) is 0.347. The van der Waals surface area contributed by atoms with Gasteiger partial charge in [-0.1, -0.05) is 17.7 Å². The Morgan fingerprint density at radius 1 is 1.14 bits per heavy atom. The van der Waals surface area contributed by atoms with Gasteiger partial charge >= 0.3 is 6.36 Å². The van der Waals surface area contributed by atoms with E-state index in [1.807, 2.05) is 6.92 Å². The predicted octanol–water partition coefficient (Wildman–Crippen LogP) is 2.87. The number of alkyl halides is 3. The van der Waals surface area contributed by atoms with Crippen molar-refractivity contribution in [3.8, 4) is 5.75 Å². The van der Waals surface area contributed by atoms with Gasteiger partial charge in [0, 0.05) is 0 Å². The molecule has 0 saturated heterocycles. The minimum Gasteiger partial charge on any atom is -0.467 e. The number of ether oxygens (including phenoxy) is 2. The van der Waals surface area contributed by atoms with E-state index < -0.39 is 13.2 Å². The first-order valence-electron chi connectivity index (χ1n) is 3.87. The SMILES string of the molecule is Cc1ccc(OCOC(F)(F)F)cc1. The maximum absolute atomic E-state index is 11.5. The Labute approximate surface area is 79.2 Å². The molecule has 1 aromatic rings. The molecule has 0 bridgehead atoms. The molecule has 14 heavy (non-hydrogen) atoms. The maximum atomic E-state index is 11.5. The minimum absolute atomic E-state index is 0.347. The molecule has 1 aromatic carbocycles. The molecule has 2 nitrogen and oxygen atoms in total. The Hall–Kier alpha value is -1.23. The lowest BCUT2D eigenvalue weighted by Crippen LogP contribution is -2.17. The van der Waals surface area contributed by atoms with Crippen LogP contribution in [-0.2, 0) is 4.74 Å². The molecule has 0 saturated carbocycles. The average Bonchev–Trinajstić information content (AvgIpc) is 2.06. The van der Waals surface area contributed by atoms with Crippen LogP contribution in [0.2, 0.25) is 0 Å². The zero-order valence-corrected chi connectivity index (χ0v) is 7.47. The molecule has 0 aliphatic rings. The van der Waals surface area contributed by atoms with Gasteiger partial charge in [-0.05, 0) is 19.1 Å². The van der Waals surface area contributed by atoms with Crippen molar-refractivity contribution in [1.29, 1.82) is 0 Å². The Morgan fingerprint density at radius 2 is 1.71 bits per heavy atom. The highest BCUT2D eigenvalue weighted by molar-refractivity contribution is 5.26. The number of benzene rings is 1. The van der Waals surface area contributed by atoms with Gasteiger partial charge in [0.1, 0.15) is 5.75 Å². The van der Waals surface area contributed by atoms with Gasteiger partial charge in [-0.15, -0.1) is 13.2 Å². The fraction of sp³-hybridized carbons (Fsp3) is 0.333. The van der Waals surface area contributed by atoms with Gasteiger partial charge in [0.05, 0.1) is 0 Å². The van der Waals surface area contributed by atoms with Crippen LogP contribution in [0.25, 0.3) is 0 Å². The molecule has 0 fully saturated rings. The van der Waals surface area contributed by atoms with Crippen molar-refractivity contribution in [3.63, 3.8) is 0 Å². The third-order valence-corrected chi connectivity index (χ3v) is 1.47. The summed E-state index contributed by atoms with van der Waals surface area (Å²) in [6.07, 6.45) is -4.65. The summed E-state index contributed by atoms with van der Waals surface area (Å²) < 4.78 is 42.7. The molecule has 0 atom stereocenters. The normalized spacial score (nSPS) is 11.4. The lowest BCUT2D eigenvalue weighted by Gasteiger charge is -2.08. The number of aryl methyl sites for hydroxylation is 1. The molecule has 5 heteroatoms. The maximum Gasteiger partial charge on any atom is 0.525 e. The largest absolute Gasteiger partial charge is 0.525 e. The zero-order chi connectivity index (χ0) is 10.6. The van der Waals surface area contributed by atoms with Crippen LogP contribution in [0.15, 0.2) is 24.3 Å². The summed E-state index contributed by atoms with van der Waals surface area (Å²) >= 11 is 0. The summed E-state index contributed by atoms with van der Waals surface area (Å²) in [6.45, 7) is 1.04. The van der Waals surface area contributed by atoms with Crippen molar-refractivity contribution < 1.29 is 22.6 Å². The first-order valence-corrected chi connectivity index (χ1v) is 3.87. The molecular formula is C9H9F3O2. The Balaban J connectivity index is 2.35. The van der Waals surface area contributed by atoms with Crippen LogP contribution >= 0.6 is 0 Å². The number of rotatable bonds is 3. The van der Waals surface area contributed by atoms with E-state index in [9.17, 15) is 13.2 Å². The average molecular weight is 206 g/mol. The second kappa shape index (κ2) is 4.32. The highest BCUT2D eigenvalue weighted by Crippen LogP contribution is 2.17. The van der Waals surface area contributed by atoms with Crippen LogP contribution in [0.4, 0.5) is 13.2 Å². The molecule has 0 aromatic heterocycles. The van der Waals surface area contributed by atoms with Gasteiger partial charge in [0.25, 0.3) is 0 Å². The predicted molar refractivity (Wildman–Crippen MR) is 43.8 cm³/mol. The summed E-state index contributed by atoms with van der Waals surface area (Å²) in [7, 11) is 0. The second-order valence-electron chi connectivity index (χ2n) is 2.67. The van der Waals surface area contributed by atoms with Crippen LogP contribution in [0.1, 0.15) is 5.56 Å². The fourth-order valence-electron chi connectivity index (χ4n) is 0.799. The summed E-state index contributed by atoms with van der Waals surface area (Å²) in [4.78, 5) is 0. The molecule has 78 valence electrons. The molecule has 0 amide bonds. The lowest BCUT2D eigenvalue weighted by atomic mass is 10.2. The Kier molecular flexibility index (Phi) is 3.35. The summed E-state index contributed by atoms with van der Waals surface area (Å²) in [5, 5.41) is 0. The van der Waals surface area contributed by atoms with Crippen LogP contribution in [0.5, 0.6) is 5.75 Å². The van der Waals surface area contributed by atoms with E-state index in [1.165, 1.54) is 0 Å². The highest BCUT2D eigenvalue weighted by atomic mass is 19.4. The molecule has 0 radical (unpaired) electrons. The first kappa shape index (κ1) is 10.8. The monoisotopic (exact) mass is 206 g/mol. The molecule has 0 N–H and O–H groups in total. The molecule has 0 spiro atoms. The van der Waals surface area contributed by atoms with Crippen LogP contribution in [0.3, 0.4) is 0 Å². The molecule has 0 unspecified atom stereocenters. The van der Waals surface area contributed by atoms with E-state index in [0.29, 0.717) is 5.75 Å². The van der Waals surface area contributed by atoms with Crippen molar-refractivity contribution in [1.82, 2.24) is 0 Å². The van der Waals surface area contributed by atoms with Crippen LogP contribution < -0.4 is 4.74 Å².